The van der Waals surface area contributed by atoms with Crippen molar-refractivity contribution in [3.63, 3.8) is 0 Å². The molecule has 0 unspecified atom stereocenters. The van der Waals surface area contributed by atoms with Gasteiger partial charge in [-0.05, 0) is 55.1 Å². The Morgan fingerprint density at radius 3 is 2.50 bits per heavy atom. The maximum Gasteiger partial charge on any atom is 0.216 e. The Morgan fingerprint density at radius 2 is 1.93 bits per heavy atom. The molecule has 28 heavy (non-hydrogen) atoms. The van der Waals surface area contributed by atoms with Crippen molar-refractivity contribution in [3.05, 3.63) is 46.6 Å². The van der Waals surface area contributed by atoms with Gasteiger partial charge in [-0.1, -0.05) is 0 Å². The minimum atomic E-state index is 0.353. The number of aromatic amines is 1. The number of rotatable bonds is 7. The number of furan rings is 1. The summed E-state index contributed by atoms with van der Waals surface area (Å²) in [6.07, 6.45) is 5.16. The van der Waals surface area contributed by atoms with Crippen molar-refractivity contribution in [2.24, 2.45) is 5.10 Å². The van der Waals surface area contributed by atoms with Crippen LogP contribution < -0.4 is 14.2 Å². The normalized spacial score (nSPS) is 11.8. The molecule has 0 atom stereocenters. The molecule has 0 spiro atoms. The number of methoxy groups -OCH3 is 3. The average molecular weight is 400 g/mol. The Kier molecular flexibility index (Phi) is 5.95. The molecule has 0 saturated heterocycles. The van der Waals surface area contributed by atoms with Gasteiger partial charge < -0.3 is 18.6 Å². The molecule has 2 heterocycles. The fourth-order valence-corrected chi connectivity index (χ4v) is 2.76. The molecule has 0 aliphatic carbocycles. The van der Waals surface area contributed by atoms with Crippen molar-refractivity contribution in [1.82, 2.24) is 14.9 Å². The topological polar surface area (TPSA) is 86.8 Å². The molecule has 0 bridgehead atoms. The van der Waals surface area contributed by atoms with E-state index in [9.17, 15) is 0 Å². The molecule has 0 aliphatic heterocycles. The summed E-state index contributed by atoms with van der Waals surface area (Å²) in [6.45, 7) is 1.91. The average Bonchev–Trinajstić information content (AvgIpc) is 3.34. The fraction of sp³-hybridized carbons (Fsp3) is 0.211. The number of allylic oxidation sites excluding steroid dienone is 1. The maximum absolute atomic E-state index is 5.41. The minimum absolute atomic E-state index is 0.353. The molecular weight excluding hydrogens is 380 g/mol. The monoisotopic (exact) mass is 400 g/mol. The number of nitrogens with zero attached hydrogens (tertiary/aromatic N) is 3. The van der Waals surface area contributed by atoms with Gasteiger partial charge in [0.05, 0.1) is 33.8 Å². The van der Waals surface area contributed by atoms with Crippen LogP contribution in [0.2, 0.25) is 0 Å². The number of hydrogen-bond donors (Lipinski definition) is 1. The van der Waals surface area contributed by atoms with Gasteiger partial charge in [0.2, 0.25) is 10.5 Å². The van der Waals surface area contributed by atoms with E-state index in [0.29, 0.717) is 33.4 Å². The van der Waals surface area contributed by atoms with Gasteiger partial charge in [0.25, 0.3) is 0 Å². The van der Waals surface area contributed by atoms with Crippen LogP contribution in [0.15, 0.2) is 45.6 Å². The van der Waals surface area contributed by atoms with Gasteiger partial charge in [-0.2, -0.15) is 14.9 Å². The number of aromatic nitrogens is 3. The van der Waals surface area contributed by atoms with E-state index < -0.39 is 0 Å². The summed E-state index contributed by atoms with van der Waals surface area (Å²) in [5, 5.41) is 11.5. The highest BCUT2D eigenvalue weighted by Gasteiger charge is 2.17. The van der Waals surface area contributed by atoms with E-state index >= 15 is 0 Å². The lowest BCUT2D eigenvalue weighted by Gasteiger charge is -2.13. The Hall–Kier alpha value is -3.33. The number of nitrogens with one attached hydrogen (secondary N) is 1. The Labute approximate surface area is 167 Å². The standard InChI is InChI=1S/C19H20N4O4S/c1-12(8-14-6-5-7-27-14)11-20-23-18(21-22-19(23)28)13-9-15(24-2)17(26-4)16(10-13)25-3/h5-11H,1-4H3,(H,22,28). The molecule has 146 valence electrons. The van der Waals surface area contributed by atoms with Crippen molar-refractivity contribution >= 4 is 24.5 Å². The van der Waals surface area contributed by atoms with Crippen LogP contribution in [0.25, 0.3) is 17.5 Å². The first-order valence-corrected chi connectivity index (χ1v) is 8.72. The van der Waals surface area contributed by atoms with Crippen LogP contribution in [0.3, 0.4) is 0 Å². The summed E-state index contributed by atoms with van der Waals surface area (Å²) in [6, 6.07) is 7.25. The third kappa shape index (κ3) is 3.99. The second kappa shape index (κ2) is 8.57. The molecule has 0 amide bonds. The molecule has 1 aromatic carbocycles. The molecule has 3 rings (SSSR count). The lowest BCUT2D eigenvalue weighted by atomic mass is 10.1. The van der Waals surface area contributed by atoms with Gasteiger partial charge in [0.15, 0.2) is 17.3 Å². The van der Waals surface area contributed by atoms with Crippen molar-refractivity contribution in [2.75, 3.05) is 21.3 Å². The molecule has 8 nitrogen and oxygen atoms in total. The molecule has 2 aromatic heterocycles. The summed E-state index contributed by atoms with van der Waals surface area (Å²) in [7, 11) is 4.66. The first-order chi connectivity index (χ1) is 13.6. The number of benzene rings is 1. The lowest BCUT2D eigenvalue weighted by Crippen LogP contribution is -1.99. The van der Waals surface area contributed by atoms with Crippen molar-refractivity contribution in [3.8, 4) is 28.6 Å². The quantitative estimate of drug-likeness (QED) is 0.473. The molecule has 0 saturated carbocycles. The molecule has 0 radical (unpaired) electrons. The maximum atomic E-state index is 5.41. The van der Waals surface area contributed by atoms with Gasteiger partial charge >= 0.3 is 0 Å². The smallest absolute Gasteiger partial charge is 0.216 e. The van der Waals surface area contributed by atoms with Crippen LogP contribution in [-0.2, 0) is 0 Å². The lowest BCUT2D eigenvalue weighted by molar-refractivity contribution is 0.324. The third-order valence-electron chi connectivity index (χ3n) is 3.86. The highest BCUT2D eigenvalue weighted by atomic mass is 32.1. The Morgan fingerprint density at radius 1 is 1.21 bits per heavy atom. The predicted molar refractivity (Wildman–Crippen MR) is 109 cm³/mol. The fourth-order valence-electron chi connectivity index (χ4n) is 2.58. The second-order valence-corrected chi connectivity index (χ2v) is 6.11. The largest absolute Gasteiger partial charge is 0.493 e. The van der Waals surface area contributed by atoms with E-state index in [0.717, 1.165) is 11.3 Å². The van der Waals surface area contributed by atoms with Crippen LogP contribution in [0.1, 0.15) is 12.7 Å². The van der Waals surface area contributed by atoms with Gasteiger partial charge in [-0.3, -0.25) is 0 Å². The van der Waals surface area contributed by atoms with Crippen LogP contribution in [0.5, 0.6) is 17.2 Å². The molecule has 3 aromatic rings. The van der Waals surface area contributed by atoms with E-state index in [2.05, 4.69) is 15.3 Å². The van der Waals surface area contributed by atoms with Gasteiger partial charge in [0, 0.05) is 5.56 Å². The van der Waals surface area contributed by atoms with Crippen molar-refractivity contribution < 1.29 is 18.6 Å². The summed E-state index contributed by atoms with van der Waals surface area (Å²) < 4.78 is 23.4. The van der Waals surface area contributed by atoms with E-state index in [-0.39, 0.29) is 0 Å². The van der Waals surface area contributed by atoms with Crippen LogP contribution >= 0.6 is 12.2 Å². The van der Waals surface area contributed by atoms with Crippen molar-refractivity contribution in [1.29, 1.82) is 0 Å². The van der Waals surface area contributed by atoms with Crippen LogP contribution in [-0.4, -0.2) is 42.4 Å². The summed E-state index contributed by atoms with van der Waals surface area (Å²) in [5.74, 6) is 2.76. The van der Waals surface area contributed by atoms with Gasteiger partial charge in [-0.15, -0.1) is 0 Å². The minimum Gasteiger partial charge on any atom is -0.493 e. The van der Waals surface area contributed by atoms with E-state index in [1.165, 1.54) is 4.68 Å². The van der Waals surface area contributed by atoms with E-state index in [1.54, 1.807) is 45.9 Å². The zero-order chi connectivity index (χ0) is 20.1. The van der Waals surface area contributed by atoms with Gasteiger partial charge in [-0.25, -0.2) is 5.10 Å². The summed E-state index contributed by atoms with van der Waals surface area (Å²) >= 11 is 5.32. The van der Waals surface area contributed by atoms with Crippen LogP contribution in [0.4, 0.5) is 0 Å². The first kappa shape index (κ1) is 19.4. The summed E-state index contributed by atoms with van der Waals surface area (Å²) in [4.78, 5) is 0. The molecular formula is C19H20N4O4S. The first-order valence-electron chi connectivity index (χ1n) is 8.31. The van der Waals surface area contributed by atoms with Gasteiger partial charge in [0.1, 0.15) is 5.76 Å². The Balaban J connectivity index is 2.02. The zero-order valence-electron chi connectivity index (χ0n) is 15.9. The van der Waals surface area contributed by atoms with E-state index in [4.69, 9.17) is 30.8 Å². The predicted octanol–water partition coefficient (Wildman–Crippen LogP) is 4.16. The van der Waals surface area contributed by atoms with E-state index in [1.807, 2.05) is 25.1 Å². The number of hydrogen-bond acceptors (Lipinski definition) is 7. The Bertz CT molecular complexity index is 1040. The molecule has 0 aliphatic rings. The zero-order valence-corrected chi connectivity index (χ0v) is 16.7. The molecule has 9 heteroatoms. The molecule has 1 N–H and O–H groups in total. The summed E-state index contributed by atoms with van der Waals surface area (Å²) in [5.41, 5.74) is 1.58. The van der Waals surface area contributed by atoms with Crippen molar-refractivity contribution in [2.45, 2.75) is 6.92 Å². The SMILES string of the molecule is COc1cc(-c2n[nH]c(=S)n2N=CC(C)=Cc2ccco2)cc(OC)c1OC. The molecule has 0 fully saturated rings. The second-order valence-electron chi connectivity index (χ2n) is 5.73. The highest BCUT2D eigenvalue weighted by Crippen LogP contribution is 2.40. The number of ether oxygens (including phenoxy) is 3. The van der Waals surface area contributed by atoms with Crippen LogP contribution in [0, 0.1) is 4.77 Å². The highest BCUT2D eigenvalue weighted by molar-refractivity contribution is 7.71. The number of H-pyrrole nitrogens is 1. The third-order valence-corrected chi connectivity index (χ3v) is 4.13.